The lowest BCUT2D eigenvalue weighted by molar-refractivity contribution is 0.0486. The molecule has 0 radical (unpaired) electrons. The van der Waals surface area contributed by atoms with Crippen LogP contribution in [0.3, 0.4) is 0 Å². The van der Waals surface area contributed by atoms with Gasteiger partial charge in [-0.05, 0) is 27.7 Å². The summed E-state index contributed by atoms with van der Waals surface area (Å²) in [5.41, 5.74) is -0.445. The van der Waals surface area contributed by atoms with Gasteiger partial charge in [-0.25, -0.2) is 4.79 Å². The molecule has 1 amide bonds. The van der Waals surface area contributed by atoms with Gasteiger partial charge in [-0.2, -0.15) is 0 Å². The summed E-state index contributed by atoms with van der Waals surface area (Å²) in [6.07, 6.45) is -0.424. The summed E-state index contributed by atoms with van der Waals surface area (Å²) >= 11 is 0. The molecule has 0 aromatic rings. The number of piperazine rings is 1. The number of rotatable bonds is 1. The van der Waals surface area contributed by atoms with Crippen LogP contribution in [0.15, 0.2) is 0 Å². The van der Waals surface area contributed by atoms with Crippen molar-refractivity contribution >= 4 is 6.09 Å². The van der Waals surface area contributed by atoms with Crippen molar-refractivity contribution in [1.29, 1.82) is 0 Å². The minimum atomic E-state index is -0.445. The highest BCUT2D eigenvalue weighted by atomic mass is 16.6. The van der Waals surface area contributed by atoms with Gasteiger partial charge in [-0.3, -0.25) is 5.32 Å². The molecular weight excluding hydrogens is 194 g/mol. The summed E-state index contributed by atoms with van der Waals surface area (Å²) in [6.45, 7) is 9.21. The molecule has 5 heteroatoms. The number of hydrogen-bond acceptors (Lipinski definition) is 4. The highest BCUT2D eigenvalue weighted by Crippen LogP contribution is 2.06. The number of ether oxygens (including phenoxy) is 1. The smallest absolute Gasteiger partial charge is 0.408 e. The Bertz CT molecular complexity index is 217. The van der Waals surface area contributed by atoms with Crippen LogP contribution in [0.4, 0.5) is 4.79 Å². The lowest BCUT2D eigenvalue weighted by Crippen LogP contribution is -2.60. The zero-order valence-corrected chi connectivity index (χ0v) is 9.89. The van der Waals surface area contributed by atoms with Crippen molar-refractivity contribution in [2.75, 3.05) is 13.1 Å². The van der Waals surface area contributed by atoms with Crippen LogP contribution in [-0.4, -0.2) is 37.0 Å². The Balaban J connectivity index is 2.27. The zero-order valence-electron chi connectivity index (χ0n) is 9.89. The monoisotopic (exact) mass is 215 g/mol. The molecule has 1 rings (SSSR count). The Labute approximate surface area is 90.9 Å². The average molecular weight is 215 g/mol. The van der Waals surface area contributed by atoms with Crippen molar-refractivity contribution in [3.63, 3.8) is 0 Å². The first-order chi connectivity index (χ1) is 6.87. The maximum Gasteiger partial charge on any atom is 0.408 e. The number of amides is 1. The molecule has 1 aliphatic heterocycles. The molecule has 1 heterocycles. The minimum absolute atomic E-state index is 0.0453. The number of hydrogen-bond donors (Lipinski definition) is 3. The summed E-state index contributed by atoms with van der Waals surface area (Å²) in [5.74, 6) is 0. The van der Waals surface area contributed by atoms with E-state index in [1.165, 1.54) is 0 Å². The minimum Gasteiger partial charge on any atom is -0.444 e. The molecule has 0 bridgehead atoms. The number of carbonyl (C=O) groups excluding carboxylic acids is 1. The van der Waals surface area contributed by atoms with Crippen molar-refractivity contribution in [2.24, 2.45) is 0 Å². The topological polar surface area (TPSA) is 62.4 Å². The molecule has 3 N–H and O–H groups in total. The van der Waals surface area contributed by atoms with Gasteiger partial charge in [0, 0.05) is 19.1 Å². The zero-order chi connectivity index (χ0) is 11.5. The molecule has 0 aromatic carbocycles. The van der Waals surface area contributed by atoms with E-state index in [0.29, 0.717) is 6.04 Å². The molecule has 88 valence electrons. The second kappa shape index (κ2) is 4.81. The van der Waals surface area contributed by atoms with E-state index in [0.717, 1.165) is 13.1 Å². The van der Waals surface area contributed by atoms with Gasteiger partial charge in [0.15, 0.2) is 0 Å². The van der Waals surface area contributed by atoms with E-state index in [-0.39, 0.29) is 12.3 Å². The van der Waals surface area contributed by atoms with Crippen molar-refractivity contribution in [3.8, 4) is 0 Å². The Morgan fingerprint density at radius 2 is 2.00 bits per heavy atom. The maximum absolute atomic E-state index is 11.4. The van der Waals surface area contributed by atoms with Gasteiger partial charge in [-0.1, -0.05) is 0 Å². The van der Waals surface area contributed by atoms with Gasteiger partial charge in [0.1, 0.15) is 5.60 Å². The normalized spacial score (nSPS) is 27.2. The number of nitrogens with one attached hydrogen (secondary N) is 3. The summed E-state index contributed by atoms with van der Waals surface area (Å²) in [7, 11) is 0. The Morgan fingerprint density at radius 1 is 1.33 bits per heavy atom. The van der Waals surface area contributed by atoms with E-state index in [1.54, 1.807) is 0 Å². The third kappa shape index (κ3) is 4.99. The van der Waals surface area contributed by atoms with E-state index in [1.807, 2.05) is 20.8 Å². The first-order valence-corrected chi connectivity index (χ1v) is 5.33. The Kier molecular flexibility index (Phi) is 3.93. The molecular formula is C10H21N3O2. The molecule has 1 aliphatic rings. The van der Waals surface area contributed by atoms with Gasteiger partial charge < -0.3 is 15.4 Å². The molecule has 0 saturated carbocycles. The molecule has 5 nitrogen and oxygen atoms in total. The number of alkyl carbamates (subject to hydrolysis) is 1. The largest absolute Gasteiger partial charge is 0.444 e. The molecule has 0 aromatic heterocycles. The van der Waals surface area contributed by atoms with E-state index in [4.69, 9.17) is 4.74 Å². The third-order valence-electron chi connectivity index (χ3n) is 2.03. The number of carbonyl (C=O) groups is 1. The predicted octanol–water partition coefficient (Wildman–Crippen LogP) is 0.419. The van der Waals surface area contributed by atoms with Crippen molar-refractivity contribution in [3.05, 3.63) is 0 Å². The van der Waals surface area contributed by atoms with Gasteiger partial charge in [0.2, 0.25) is 0 Å². The van der Waals surface area contributed by atoms with Crippen LogP contribution in [0.1, 0.15) is 27.7 Å². The van der Waals surface area contributed by atoms with Gasteiger partial charge in [0.05, 0.1) is 6.17 Å². The van der Waals surface area contributed by atoms with Gasteiger partial charge in [-0.15, -0.1) is 0 Å². The fourth-order valence-corrected chi connectivity index (χ4v) is 1.33. The van der Waals surface area contributed by atoms with Crippen LogP contribution in [0.25, 0.3) is 0 Å². The van der Waals surface area contributed by atoms with Crippen LogP contribution in [-0.2, 0) is 4.74 Å². The lowest BCUT2D eigenvalue weighted by atomic mass is 10.2. The summed E-state index contributed by atoms with van der Waals surface area (Å²) in [5, 5.41) is 9.24. The van der Waals surface area contributed by atoms with E-state index >= 15 is 0 Å². The van der Waals surface area contributed by atoms with Crippen LogP contribution < -0.4 is 16.0 Å². The van der Waals surface area contributed by atoms with Crippen molar-refractivity contribution in [2.45, 2.75) is 45.5 Å². The van der Waals surface area contributed by atoms with E-state index in [2.05, 4.69) is 22.9 Å². The quantitative estimate of drug-likeness (QED) is 0.593. The van der Waals surface area contributed by atoms with Crippen LogP contribution in [0.5, 0.6) is 0 Å². The van der Waals surface area contributed by atoms with Crippen LogP contribution in [0.2, 0.25) is 0 Å². The molecule has 0 aliphatic carbocycles. The third-order valence-corrected chi connectivity index (χ3v) is 2.03. The summed E-state index contributed by atoms with van der Waals surface area (Å²) < 4.78 is 5.15. The molecule has 15 heavy (non-hydrogen) atoms. The SMILES string of the molecule is CC1CNC(NC(=O)OC(C)(C)C)CN1. The highest BCUT2D eigenvalue weighted by Gasteiger charge is 2.21. The second-order valence-corrected chi connectivity index (χ2v) is 4.92. The Morgan fingerprint density at radius 3 is 2.47 bits per heavy atom. The van der Waals surface area contributed by atoms with Crippen molar-refractivity contribution in [1.82, 2.24) is 16.0 Å². The van der Waals surface area contributed by atoms with Crippen molar-refractivity contribution < 1.29 is 9.53 Å². The standard InChI is InChI=1S/C10H21N3O2/c1-7-5-12-8(6-11-7)13-9(14)15-10(2,3)4/h7-8,11-12H,5-6H2,1-4H3,(H,13,14). The average Bonchev–Trinajstić information content (AvgIpc) is 2.05. The molecule has 1 fully saturated rings. The summed E-state index contributed by atoms with van der Waals surface area (Å²) in [4.78, 5) is 11.4. The van der Waals surface area contributed by atoms with Gasteiger partial charge in [0.25, 0.3) is 0 Å². The fraction of sp³-hybridized carbons (Fsp3) is 0.900. The van der Waals surface area contributed by atoms with Crippen LogP contribution >= 0.6 is 0 Å². The predicted molar refractivity (Wildman–Crippen MR) is 58.6 cm³/mol. The molecule has 0 spiro atoms. The molecule has 1 saturated heterocycles. The van der Waals surface area contributed by atoms with Crippen LogP contribution in [0, 0.1) is 0 Å². The fourth-order valence-electron chi connectivity index (χ4n) is 1.33. The maximum atomic E-state index is 11.4. The highest BCUT2D eigenvalue weighted by molar-refractivity contribution is 5.68. The first kappa shape index (κ1) is 12.3. The Hall–Kier alpha value is -0.810. The molecule has 2 unspecified atom stereocenters. The first-order valence-electron chi connectivity index (χ1n) is 5.33. The van der Waals surface area contributed by atoms with E-state index in [9.17, 15) is 4.79 Å². The lowest BCUT2D eigenvalue weighted by Gasteiger charge is -2.30. The molecule has 2 atom stereocenters. The van der Waals surface area contributed by atoms with E-state index < -0.39 is 5.60 Å². The summed E-state index contributed by atoms with van der Waals surface area (Å²) in [6, 6.07) is 0.446. The van der Waals surface area contributed by atoms with Gasteiger partial charge >= 0.3 is 6.09 Å². The second-order valence-electron chi connectivity index (χ2n) is 4.92.